The fourth-order valence-electron chi connectivity index (χ4n) is 2.47. The molecule has 1 saturated carbocycles. The smallest absolute Gasteiger partial charge is 0.314 e. The first-order valence-corrected chi connectivity index (χ1v) is 6.00. The molecule has 0 saturated heterocycles. The predicted octanol–water partition coefficient (Wildman–Crippen LogP) is 0.931. The maximum Gasteiger partial charge on any atom is 0.314 e. The summed E-state index contributed by atoms with van der Waals surface area (Å²) in [7, 11) is 0. The van der Waals surface area contributed by atoms with Crippen molar-refractivity contribution in [1.29, 1.82) is 0 Å². The lowest BCUT2D eigenvalue weighted by atomic mass is 9.72. The summed E-state index contributed by atoms with van der Waals surface area (Å²) >= 11 is 0. The molecule has 0 spiro atoms. The number of benzene rings is 1. The van der Waals surface area contributed by atoms with Crippen molar-refractivity contribution in [2.45, 2.75) is 24.8 Å². The Bertz CT molecular complexity index is 808. The monoisotopic (exact) mass is 257 g/mol. The molecule has 2 N–H and O–H groups in total. The molecular formula is C13H11N3O3. The van der Waals surface area contributed by atoms with Gasteiger partial charge in [0.05, 0.1) is 16.6 Å². The van der Waals surface area contributed by atoms with Crippen molar-refractivity contribution in [3.05, 3.63) is 44.5 Å². The minimum Gasteiger partial charge on any atom is -0.316 e. The van der Waals surface area contributed by atoms with Gasteiger partial charge >= 0.3 is 11.1 Å². The Morgan fingerprint density at radius 1 is 1.11 bits per heavy atom. The van der Waals surface area contributed by atoms with Crippen molar-refractivity contribution >= 4 is 17.1 Å². The number of aromatic nitrogens is 2. The van der Waals surface area contributed by atoms with Crippen LogP contribution >= 0.6 is 0 Å². The van der Waals surface area contributed by atoms with Gasteiger partial charge in [-0.05, 0) is 37.0 Å². The van der Waals surface area contributed by atoms with Gasteiger partial charge in [0.1, 0.15) is 0 Å². The van der Waals surface area contributed by atoms with Gasteiger partial charge in [0, 0.05) is 0 Å². The van der Waals surface area contributed by atoms with Crippen LogP contribution in [-0.2, 0) is 10.3 Å². The number of nitrogens with zero attached hydrogens (tertiary/aromatic N) is 1. The lowest BCUT2D eigenvalue weighted by Crippen LogP contribution is -2.32. The van der Waals surface area contributed by atoms with Crippen LogP contribution in [-0.4, -0.2) is 16.0 Å². The molecule has 3 rings (SSSR count). The quantitative estimate of drug-likeness (QED) is 0.476. The molecule has 1 heterocycles. The zero-order chi connectivity index (χ0) is 13.5. The molecule has 19 heavy (non-hydrogen) atoms. The molecule has 6 nitrogen and oxygen atoms in total. The molecule has 0 bridgehead atoms. The van der Waals surface area contributed by atoms with E-state index in [4.69, 9.17) is 0 Å². The van der Waals surface area contributed by atoms with E-state index in [0.29, 0.717) is 11.0 Å². The van der Waals surface area contributed by atoms with Crippen LogP contribution in [0.15, 0.2) is 32.8 Å². The average Bonchev–Trinajstić information content (AvgIpc) is 2.35. The Kier molecular flexibility index (Phi) is 2.47. The third kappa shape index (κ3) is 1.73. The number of fused-ring (bicyclic) bond motifs is 1. The first-order chi connectivity index (χ1) is 9.14. The minimum absolute atomic E-state index is 0.511. The second-order valence-corrected chi connectivity index (χ2v) is 4.76. The largest absolute Gasteiger partial charge is 0.316 e. The number of hydrogen-bond acceptors (Lipinski definition) is 4. The molecule has 1 aromatic heterocycles. The highest BCUT2D eigenvalue weighted by Gasteiger charge is 2.38. The van der Waals surface area contributed by atoms with Gasteiger partial charge in [-0.25, -0.2) is 4.79 Å². The second-order valence-electron chi connectivity index (χ2n) is 4.76. The topological polar surface area (TPSA) is 95.2 Å². The number of rotatable bonds is 2. The summed E-state index contributed by atoms with van der Waals surface area (Å²) in [6.45, 7) is 0. The van der Waals surface area contributed by atoms with E-state index in [1.165, 1.54) is 0 Å². The van der Waals surface area contributed by atoms with Gasteiger partial charge in [0.2, 0.25) is 6.08 Å². The maximum atomic E-state index is 11.3. The molecule has 1 aromatic carbocycles. The Morgan fingerprint density at radius 2 is 1.79 bits per heavy atom. The third-order valence-electron chi connectivity index (χ3n) is 3.70. The second kappa shape index (κ2) is 4.03. The fourth-order valence-corrected chi connectivity index (χ4v) is 2.47. The maximum absolute atomic E-state index is 11.3. The summed E-state index contributed by atoms with van der Waals surface area (Å²) in [5.41, 5.74) is 0.0728. The molecule has 2 aromatic rings. The molecule has 1 aliphatic rings. The van der Waals surface area contributed by atoms with Crippen LogP contribution in [0.3, 0.4) is 0 Å². The number of aliphatic imine (C=N–C) groups is 1. The van der Waals surface area contributed by atoms with Gasteiger partial charge in [-0.1, -0.05) is 6.07 Å². The van der Waals surface area contributed by atoms with Crippen LogP contribution < -0.4 is 11.1 Å². The summed E-state index contributed by atoms with van der Waals surface area (Å²) in [4.78, 5) is 42.0. The van der Waals surface area contributed by atoms with Crippen LogP contribution in [0, 0.1) is 0 Å². The number of aromatic amines is 2. The Labute approximate surface area is 107 Å². The van der Waals surface area contributed by atoms with Crippen LogP contribution in [0.25, 0.3) is 11.0 Å². The SMILES string of the molecule is O=C=NC1(c2ccc3[nH]c(=O)c(=O)[nH]c3c2)CCC1. The van der Waals surface area contributed by atoms with Crippen molar-refractivity contribution in [1.82, 2.24) is 9.97 Å². The lowest BCUT2D eigenvalue weighted by Gasteiger charge is -2.37. The molecule has 96 valence electrons. The molecule has 1 fully saturated rings. The van der Waals surface area contributed by atoms with E-state index in [2.05, 4.69) is 15.0 Å². The molecule has 0 radical (unpaired) electrons. The van der Waals surface area contributed by atoms with E-state index in [0.717, 1.165) is 24.8 Å². The first-order valence-electron chi connectivity index (χ1n) is 6.00. The summed E-state index contributed by atoms with van der Waals surface area (Å²) in [6, 6.07) is 5.28. The van der Waals surface area contributed by atoms with E-state index in [1.807, 2.05) is 6.07 Å². The standard InChI is InChI=1S/C13H11N3O3/c17-7-14-13(4-1-5-13)8-2-3-9-10(6-8)16-12(19)11(18)15-9/h2-3,6H,1,4-5H2,(H,15,18)(H,16,19). The van der Waals surface area contributed by atoms with Gasteiger partial charge in [-0.15, -0.1) is 0 Å². The van der Waals surface area contributed by atoms with Gasteiger partial charge in [-0.3, -0.25) is 9.59 Å². The third-order valence-corrected chi connectivity index (χ3v) is 3.70. The van der Waals surface area contributed by atoms with Crippen molar-refractivity contribution in [2.75, 3.05) is 0 Å². The van der Waals surface area contributed by atoms with E-state index in [-0.39, 0.29) is 0 Å². The Hall–Kier alpha value is -2.46. The van der Waals surface area contributed by atoms with Crippen LogP contribution in [0.4, 0.5) is 0 Å². The highest BCUT2D eigenvalue weighted by molar-refractivity contribution is 5.74. The van der Waals surface area contributed by atoms with Crippen molar-refractivity contribution in [3.63, 3.8) is 0 Å². The van der Waals surface area contributed by atoms with Gasteiger partial charge in [0.25, 0.3) is 0 Å². The molecule has 0 aliphatic heterocycles. The Balaban J connectivity index is 2.21. The van der Waals surface area contributed by atoms with E-state index >= 15 is 0 Å². The van der Waals surface area contributed by atoms with Crippen molar-refractivity contribution < 1.29 is 4.79 Å². The zero-order valence-electron chi connectivity index (χ0n) is 10.0. The highest BCUT2D eigenvalue weighted by atomic mass is 16.2. The van der Waals surface area contributed by atoms with Crippen molar-refractivity contribution in [2.24, 2.45) is 4.99 Å². The minimum atomic E-state index is -0.689. The van der Waals surface area contributed by atoms with Crippen LogP contribution in [0.2, 0.25) is 0 Å². The molecule has 0 atom stereocenters. The number of H-pyrrole nitrogens is 2. The molecule has 0 amide bonds. The zero-order valence-corrected chi connectivity index (χ0v) is 10.0. The molecular weight excluding hydrogens is 246 g/mol. The molecule has 1 aliphatic carbocycles. The fraction of sp³-hybridized carbons (Fsp3) is 0.308. The first kappa shape index (κ1) is 11.6. The summed E-state index contributed by atoms with van der Waals surface area (Å²) in [5, 5.41) is 0. The number of hydrogen-bond donors (Lipinski definition) is 2. The lowest BCUT2D eigenvalue weighted by molar-refractivity contribution is 0.256. The van der Waals surface area contributed by atoms with Gasteiger partial charge in [-0.2, -0.15) is 4.99 Å². The van der Waals surface area contributed by atoms with E-state index in [1.54, 1.807) is 18.2 Å². The summed E-state index contributed by atoms with van der Waals surface area (Å²) < 4.78 is 0. The highest BCUT2D eigenvalue weighted by Crippen LogP contribution is 2.44. The van der Waals surface area contributed by atoms with Gasteiger partial charge < -0.3 is 9.97 Å². The normalized spacial score (nSPS) is 16.6. The van der Waals surface area contributed by atoms with Crippen LogP contribution in [0.1, 0.15) is 24.8 Å². The van der Waals surface area contributed by atoms with Crippen molar-refractivity contribution in [3.8, 4) is 0 Å². The number of carbonyl (C=O) groups excluding carboxylic acids is 1. The van der Waals surface area contributed by atoms with E-state index < -0.39 is 16.7 Å². The number of nitrogens with one attached hydrogen (secondary N) is 2. The van der Waals surface area contributed by atoms with Crippen LogP contribution in [0.5, 0.6) is 0 Å². The summed E-state index contributed by atoms with van der Waals surface area (Å²) in [6.07, 6.45) is 4.21. The van der Waals surface area contributed by atoms with E-state index in [9.17, 15) is 14.4 Å². The summed E-state index contributed by atoms with van der Waals surface area (Å²) in [5.74, 6) is 0. The molecule has 0 unspecified atom stereocenters. The molecule has 6 heteroatoms. The number of isocyanates is 1. The van der Waals surface area contributed by atoms with Gasteiger partial charge in [0.15, 0.2) is 0 Å². The Morgan fingerprint density at radius 3 is 2.37 bits per heavy atom. The average molecular weight is 257 g/mol. The predicted molar refractivity (Wildman–Crippen MR) is 68.8 cm³/mol.